The van der Waals surface area contributed by atoms with Crippen molar-refractivity contribution in [2.75, 3.05) is 33.4 Å². The predicted octanol–water partition coefficient (Wildman–Crippen LogP) is 3.45. The number of halogens is 2. The lowest BCUT2D eigenvalue weighted by atomic mass is 9.95. The molecule has 2 aromatic rings. The van der Waals surface area contributed by atoms with Crippen LogP contribution in [0.1, 0.15) is 35.4 Å². The molecular formula is C21H25ClFN3O4. The first kappa shape index (κ1) is 22.2. The third-order valence-corrected chi connectivity index (χ3v) is 5.57. The lowest BCUT2D eigenvalue weighted by Crippen LogP contribution is -2.43. The van der Waals surface area contributed by atoms with E-state index in [1.165, 1.54) is 18.2 Å². The summed E-state index contributed by atoms with van der Waals surface area (Å²) in [5.74, 6) is -0.720. The largest absolute Gasteiger partial charge is 0.385 e. The topological polar surface area (TPSA) is 84.7 Å². The van der Waals surface area contributed by atoms with Gasteiger partial charge in [-0.3, -0.25) is 9.59 Å². The van der Waals surface area contributed by atoms with Crippen molar-refractivity contribution < 1.29 is 23.2 Å². The van der Waals surface area contributed by atoms with E-state index in [9.17, 15) is 14.0 Å². The Morgan fingerprint density at radius 3 is 2.77 bits per heavy atom. The van der Waals surface area contributed by atoms with Gasteiger partial charge in [0, 0.05) is 39.3 Å². The number of aromatic nitrogens is 1. The molecule has 1 aromatic heterocycles. The monoisotopic (exact) mass is 437 g/mol. The molecule has 0 atom stereocenters. The van der Waals surface area contributed by atoms with E-state index in [4.69, 9.17) is 20.9 Å². The van der Waals surface area contributed by atoms with Gasteiger partial charge in [-0.15, -0.1) is 0 Å². The number of carbonyl (C=O) groups excluding carboxylic acids is 2. The SMILES string of the molecule is COCCCNC(=O)C1CCN(C(=O)c2c(-c3c(F)cccc3Cl)noc2C)CC1. The Morgan fingerprint density at radius 2 is 2.10 bits per heavy atom. The van der Waals surface area contributed by atoms with E-state index in [1.54, 1.807) is 18.9 Å². The van der Waals surface area contributed by atoms with Crippen molar-refractivity contribution in [3.05, 3.63) is 40.4 Å². The van der Waals surface area contributed by atoms with Crippen molar-refractivity contribution in [3.63, 3.8) is 0 Å². The first-order valence-electron chi connectivity index (χ1n) is 9.90. The summed E-state index contributed by atoms with van der Waals surface area (Å²) in [6, 6.07) is 4.28. The highest BCUT2D eigenvalue weighted by Crippen LogP contribution is 2.34. The Kier molecular flexibility index (Phi) is 7.44. The number of aryl methyl sites for hydroxylation is 1. The van der Waals surface area contributed by atoms with Crippen LogP contribution in [-0.4, -0.2) is 55.2 Å². The number of amides is 2. The van der Waals surface area contributed by atoms with Gasteiger partial charge in [0.1, 0.15) is 22.8 Å². The number of benzene rings is 1. The first-order chi connectivity index (χ1) is 14.4. The van der Waals surface area contributed by atoms with Crippen LogP contribution >= 0.6 is 11.6 Å². The molecule has 162 valence electrons. The number of likely N-dealkylation sites (tertiary alicyclic amines) is 1. The molecule has 0 aliphatic carbocycles. The van der Waals surface area contributed by atoms with Crippen LogP contribution in [0.3, 0.4) is 0 Å². The zero-order chi connectivity index (χ0) is 21.7. The van der Waals surface area contributed by atoms with E-state index >= 15 is 0 Å². The predicted molar refractivity (Wildman–Crippen MR) is 110 cm³/mol. The molecule has 1 aliphatic heterocycles. The summed E-state index contributed by atoms with van der Waals surface area (Å²) in [6.07, 6.45) is 1.87. The minimum absolute atomic E-state index is 0.00168. The summed E-state index contributed by atoms with van der Waals surface area (Å²) in [5.41, 5.74) is 0.341. The number of nitrogens with zero attached hydrogens (tertiary/aromatic N) is 2. The Labute approximate surface area is 179 Å². The van der Waals surface area contributed by atoms with Crippen molar-refractivity contribution in [3.8, 4) is 11.3 Å². The molecule has 7 nitrogen and oxygen atoms in total. The quantitative estimate of drug-likeness (QED) is 0.670. The molecule has 30 heavy (non-hydrogen) atoms. The smallest absolute Gasteiger partial charge is 0.259 e. The lowest BCUT2D eigenvalue weighted by molar-refractivity contribution is -0.126. The number of carbonyl (C=O) groups is 2. The third kappa shape index (κ3) is 4.82. The number of hydrogen-bond acceptors (Lipinski definition) is 5. The third-order valence-electron chi connectivity index (χ3n) is 5.25. The van der Waals surface area contributed by atoms with Crippen molar-refractivity contribution in [2.45, 2.75) is 26.2 Å². The Hall–Kier alpha value is -2.45. The number of nitrogens with one attached hydrogen (secondary N) is 1. The van der Waals surface area contributed by atoms with E-state index < -0.39 is 5.82 Å². The van der Waals surface area contributed by atoms with Crippen molar-refractivity contribution >= 4 is 23.4 Å². The number of rotatable bonds is 7. The molecule has 1 fully saturated rings. The van der Waals surface area contributed by atoms with Gasteiger partial charge in [-0.25, -0.2) is 4.39 Å². The second kappa shape index (κ2) is 10.0. The summed E-state index contributed by atoms with van der Waals surface area (Å²) in [7, 11) is 1.62. The molecule has 2 amide bonds. The standard InChI is InChI=1S/C21H25ClFN3O4/c1-13-17(19(25-30-13)18-15(22)5-3-6-16(18)23)21(28)26-10-7-14(8-11-26)20(27)24-9-4-12-29-2/h3,5-6,14H,4,7-12H2,1-2H3,(H,24,27). The van der Waals surface area contributed by atoms with Gasteiger partial charge in [-0.2, -0.15) is 0 Å². The molecule has 2 heterocycles. The van der Waals surface area contributed by atoms with Crippen LogP contribution in [0, 0.1) is 18.7 Å². The number of ether oxygens (including phenoxy) is 1. The molecule has 1 saturated heterocycles. The Bertz CT molecular complexity index is 889. The molecular weight excluding hydrogens is 413 g/mol. The van der Waals surface area contributed by atoms with Crippen LogP contribution in [0.4, 0.5) is 4.39 Å². The van der Waals surface area contributed by atoms with E-state index in [2.05, 4.69) is 10.5 Å². The van der Waals surface area contributed by atoms with Crippen molar-refractivity contribution in [2.24, 2.45) is 5.92 Å². The van der Waals surface area contributed by atoms with Crippen molar-refractivity contribution in [1.29, 1.82) is 0 Å². The Morgan fingerprint density at radius 1 is 1.37 bits per heavy atom. The van der Waals surface area contributed by atoms with E-state index in [-0.39, 0.29) is 39.6 Å². The maximum Gasteiger partial charge on any atom is 0.259 e. The number of hydrogen-bond donors (Lipinski definition) is 1. The summed E-state index contributed by atoms with van der Waals surface area (Å²) in [5, 5.41) is 6.96. The van der Waals surface area contributed by atoms with Gasteiger partial charge >= 0.3 is 0 Å². The molecule has 1 aromatic carbocycles. The average molecular weight is 438 g/mol. The molecule has 0 unspecified atom stereocenters. The second-order valence-corrected chi connectivity index (χ2v) is 7.67. The van der Waals surface area contributed by atoms with Gasteiger partial charge in [-0.05, 0) is 38.3 Å². The molecule has 9 heteroatoms. The van der Waals surface area contributed by atoms with Crippen LogP contribution in [-0.2, 0) is 9.53 Å². The molecule has 0 saturated carbocycles. The lowest BCUT2D eigenvalue weighted by Gasteiger charge is -2.31. The minimum atomic E-state index is -0.575. The summed E-state index contributed by atoms with van der Waals surface area (Å²) in [4.78, 5) is 27.1. The van der Waals surface area contributed by atoms with Crippen LogP contribution in [0.15, 0.2) is 22.7 Å². The first-order valence-corrected chi connectivity index (χ1v) is 10.3. The summed E-state index contributed by atoms with van der Waals surface area (Å²) < 4.78 is 24.5. The number of methoxy groups -OCH3 is 1. The summed E-state index contributed by atoms with van der Waals surface area (Å²) in [6.45, 7) is 3.62. The molecule has 3 rings (SSSR count). The molecule has 0 bridgehead atoms. The molecule has 0 spiro atoms. The fraction of sp³-hybridized carbons (Fsp3) is 0.476. The van der Waals surface area contributed by atoms with E-state index in [0.29, 0.717) is 44.8 Å². The molecule has 1 N–H and O–H groups in total. The second-order valence-electron chi connectivity index (χ2n) is 7.26. The van der Waals surface area contributed by atoms with Crippen LogP contribution < -0.4 is 5.32 Å². The maximum absolute atomic E-state index is 14.4. The van der Waals surface area contributed by atoms with Crippen LogP contribution in [0.25, 0.3) is 11.3 Å². The average Bonchev–Trinajstić information content (AvgIpc) is 3.11. The highest BCUT2D eigenvalue weighted by molar-refractivity contribution is 6.33. The normalized spacial score (nSPS) is 14.7. The minimum Gasteiger partial charge on any atom is -0.385 e. The summed E-state index contributed by atoms with van der Waals surface area (Å²) >= 11 is 6.15. The van der Waals surface area contributed by atoms with Gasteiger partial charge in [0.15, 0.2) is 0 Å². The van der Waals surface area contributed by atoms with Gasteiger partial charge in [-0.1, -0.05) is 22.8 Å². The van der Waals surface area contributed by atoms with Crippen molar-refractivity contribution in [1.82, 2.24) is 15.4 Å². The number of piperidine rings is 1. The Balaban J connectivity index is 1.68. The zero-order valence-corrected chi connectivity index (χ0v) is 17.8. The fourth-order valence-electron chi connectivity index (χ4n) is 3.59. The van der Waals surface area contributed by atoms with Gasteiger partial charge in [0.2, 0.25) is 5.91 Å². The van der Waals surface area contributed by atoms with E-state index in [1.807, 2.05) is 0 Å². The van der Waals surface area contributed by atoms with Gasteiger partial charge < -0.3 is 19.5 Å². The van der Waals surface area contributed by atoms with E-state index in [0.717, 1.165) is 6.42 Å². The molecule has 0 radical (unpaired) electrons. The zero-order valence-electron chi connectivity index (χ0n) is 17.0. The van der Waals surface area contributed by atoms with Gasteiger partial charge in [0.05, 0.1) is 10.6 Å². The maximum atomic E-state index is 14.4. The molecule has 1 aliphatic rings. The van der Waals surface area contributed by atoms with Crippen LogP contribution in [0.5, 0.6) is 0 Å². The fourth-order valence-corrected chi connectivity index (χ4v) is 3.85. The highest BCUT2D eigenvalue weighted by Gasteiger charge is 2.32. The van der Waals surface area contributed by atoms with Gasteiger partial charge in [0.25, 0.3) is 5.91 Å². The van der Waals surface area contributed by atoms with Crippen LogP contribution in [0.2, 0.25) is 5.02 Å². The highest BCUT2D eigenvalue weighted by atomic mass is 35.5.